The number of fused-ring (bicyclic) bond motifs is 1. The molecule has 1 aliphatic rings. The summed E-state index contributed by atoms with van der Waals surface area (Å²) in [6.45, 7) is 7.90. The second-order valence-corrected chi connectivity index (χ2v) is 11.2. The van der Waals surface area contributed by atoms with E-state index in [-0.39, 0.29) is 11.7 Å². The van der Waals surface area contributed by atoms with Crippen LogP contribution < -0.4 is 25.3 Å². The lowest BCUT2D eigenvalue weighted by Crippen LogP contribution is -2.20. The minimum atomic E-state index is 0.135. The van der Waals surface area contributed by atoms with Crippen LogP contribution in [0.25, 0.3) is 0 Å². The lowest BCUT2D eigenvalue weighted by atomic mass is 10.1. The van der Waals surface area contributed by atoms with Gasteiger partial charge in [-0.15, -0.1) is 0 Å². The third-order valence-corrected chi connectivity index (χ3v) is 8.33. The Hall–Kier alpha value is -3.30. The second kappa shape index (κ2) is 13.7. The van der Waals surface area contributed by atoms with Crippen LogP contribution in [0.1, 0.15) is 57.6 Å². The molecule has 0 unspecified atom stereocenters. The van der Waals surface area contributed by atoms with E-state index < -0.39 is 0 Å². The third kappa shape index (κ3) is 6.65. The maximum Gasteiger partial charge on any atom is 0.146 e. The van der Waals surface area contributed by atoms with Gasteiger partial charge in [-0.3, -0.25) is 10.8 Å². The van der Waals surface area contributed by atoms with Gasteiger partial charge in [0, 0.05) is 15.5 Å². The van der Waals surface area contributed by atoms with Crippen LogP contribution in [-0.2, 0) is 0 Å². The molecule has 3 aromatic carbocycles. The molecule has 0 saturated carbocycles. The molecule has 0 spiro atoms. The molecule has 0 atom stereocenters. The van der Waals surface area contributed by atoms with Crippen molar-refractivity contribution in [3.63, 3.8) is 0 Å². The molecule has 5 N–H and O–H groups in total. The number of nitrogens with one attached hydrogen (secondary N) is 3. The Labute approximate surface area is 239 Å². The number of ether oxygens (including phenoxy) is 3. The highest BCUT2D eigenvalue weighted by molar-refractivity contribution is 8.02. The number of unbranched alkanes of at least 4 members (excludes halogenated alkanes) is 1. The Morgan fingerprint density at radius 2 is 1.31 bits per heavy atom. The van der Waals surface area contributed by atoms with Crippen LogP contribution in [0.3, 0.4) is 0 Å². The summed E-state index contributed by atoms with van der Waals surface area (Å²) in [5.74, 6) is 2.27. The van der Waals surface area contributed by atoms with Crippen LogP contribution in [0.2, 0.25) is 0 Å². The smallest absolute Gasteiger partial charge is 0.146 e. The summed E-state index contributed by atoms with van der Waals surface area (Å²) in [4.78, 5) is 3.54. The van der Waals surface area contributed by atoms with Gasteiger partial charge in [0.05, 0.1) is 40.7 Å². The molecule has 39 heavy (non-hydrogen) atoms. The van der Waals surface area contributed by atoms with Crippen molar-refractivity contribution in [1.82, 2.24) is 5.32 Å². The first kappa shape index (κ1) is 28.7. The summed E-state index contributed by atoms with van der Waals surface area (Å²) in [5.41, 5.74) is 8.14. The van der Waals surface area contributed by atoms with Crippen molar-refractivity contribution in [1.29, 1.82) is 10.8 Å². The fourth-order valence-electron chi connectivity index (χ4n) is 4.00. The Bertz CT molecular complexity index is 1330. The predicted molar refractivity (Wildman–Crippen MR) is 161 cm³/mol. The number of nitrogen functional groups attached to an aromatic ring is 1. The van der Waals surface area contributed by atoms with Crippen LogP contribution in [0.15, 0.2) is 68.1 Å². The first-order valence-electron chi connectivity index (χ1n) is 13.4. The van der Waals surface area contributed by atoms with Crippen molar-refractivity contribution in [2.45, 2.75) is 66.0 Å². The summed E-state index contributed by atoms with van der Waals surface area (Å²) in [7, 11) is 0. The van der Waals surface area contributed by atoms with Gasteiger partial charge in [0.25, 0.3) is 0 Å². The van der Waals surface area contributed by atoms with Crippen LogP contribution >= 0.6 is 23.5 Å². The normalized spacial score (nSPS) is 12.3. The summed E-state index contributed by atoms with van der Waals surface area (Å²) >= 11 is 3.05. The fraction of sp³-hybridized carbons (Fsp3) is 0.333. The highest BCUT2D eigenvalue weighted by Gasteiger charge is 2.36. The SMILES string of the molecule is CCCCOc1ccc(Sc2c(OCCC)c3c(c(OCCC)c2Sc2ccccc2N)C(=N)NC3=N)cc1. The van der Waals surface area contributed by atoms with E-state index in [9.17, 15) is 0 Å². The van der Waals surface area contributed by atoms with E-state index in [2.05, 4.69) is 19.2 Å². The topological polar surface area (TPSA) is 113 Å². The Kier molecular flexibility index (Phi) is 10.1. The maximum absolute atomic E-state index is 8.68. The number of amidine groups is 2. The van der Waals surface area contributed by atoms with E-state index in [4.69, 9.17) is 30.8 Å². The third-order valence-electron chi connectivity index (χ3n) is 5.92. The van der Waals surface area contributed by atoms with Crippen LogP contribution in [0.5, 0.6) is 17.2 Å². The number of para-hydroxylation sites is 1. The van der Waals surface area contributed by atoms with Crippen molar-refractivity contribution in [3.8, 4) is 17.2 Å². The van der Waals surface area contributed by atoms with E-state index in [0.717, 1.165) is 51.0 Å². The zero-order chi connectivity index (χ0) is 27.8. The molecule has 9 heteroatoms. The summed E-state index contributed by atoms with van der Waals surface area (Å²) < 4.78 is 18.6. The largest absolute Gasteiger partial charge is 0.494 e. The fourth-order valence-corrected chi connectivity index (χ4v) is 6.18. The van der Waals surface area contributed by atoms with Crippen molar-refractivity contribution >= 4 is 40.9 Å². The Morgan fingerprint density at radius 1 is 0.718 bits per heavy atom. The minimum Gasteiger partial charge on any atom is -0.494 e. The molecule has 3 aromatic rings. The molecule has 0 fully saturated rings. The number of nitrogens with two attached hydrogens (primary N) is 1. The zero-order valence-electron chi connectivity index (χ0n) is 22.7. The molecule has 0 bridgehead atoms. The molecule has 0 amide bonds. The molecule has 7 nitrogen and oxygen atoms in total. The number of benzene rings is 3. The van der Waals surface area contributed by atoms with Gasteiger partial charge in [0.2, 0.25) is 0 Å². The monoisotopic (exact) mass is 564 g/mol. The highest BCUT2D eigenvalue weighted by atomic mass is 32.2. The van der Waals surface area contributed by atoms with Gasteiger partial charge < -0.3 is 25.3 Å². The van der Waals surface area contributed by atoms with E-state index in [1.165, 1.54) is 11.8 Å². The van der Waals surface area contributed by atoms with Gasteiger partial charge in [-0.05, 0) is 55.7 Å². The zero-order valence-corrected chi connectivity index (χ0v) is 24.3. The molecular formula is C30H36N4O3S2. The number of hydrogen-bond donors (Lipinski definition) is 4. The lowest BCUT2D eigenvalue weighted by molar-refractivity contribution is 0.294. The number of rotatable bonds is 14. The average Bonchev–Trinajstić information content (AvgIpc) is 3.23. The van der Waals surface area contributed by atoms with Crippen LogP contribution in [0.4, 0.5) is 5.69 Å². The van der Waals surface area contributed by atoms with Crippen molar-refractivity contribution in [2.24, 2.45) is 0 Å². The Balaban J connectivity index is 1.89. The van der Waals surface area contributed by atoms with E-state index in [1.54, 1.807) is 11.8 Å². The summed E-state index contributed by atoms with van der Waals surface area (Å²) in [6.07, 6.45) is 3.72. The van der Waals surface area contributed by atoms with Gasteiger partial charge in [0.15, 0.2) is 0 Å². The van der Waals surface area contributed by atoms with Crippen molar-refractivity contribution < 1.29 is 14.2 Å². The molecule has 4 rings (SSSR count). The molecule has 206 valence electrons. The van der Waals surface area contributed by atoms with Crippen molar-refractivity contribution in [3.05, 3.63) is 59.7 Å². The molecule has 0 aromatic heterocycles. The van der Waals surface area contributed by atoms with Gasteiger partial charge in [-0.1, -0.05) is 62.8 Å². The molecule has 1 aliphatic heterocycles. The van der Waals surface area contributed by atoms with Crippen LogP contribution in [-0.4, -0.2) is 31.5 Å². The predicted octanol–water partition coefficient (Wildman–Crippen LogP) is 7.58. The molecule has 1 heterocycles. The van der Waals surface area contributed by atoms with E-state index in [1.807, 2.05) is 55.5 Å². The number of anilines is 1. The van der Waals surface area contributed by atoms with Gasteiger partial charge in [0.1, 0.15) is 28.9 Å². The highest BCUT2D eigenvalue weighted by Crippen LogP contribution is 2.54. The first-order chi connectivity index (χ1) is 19.0. The minimum absolute atomic E-state index is 0.135. The van der Waals surface area contributed by atoms with E-state index >= 15 is 0 Å². The van der Waals surface area contributed by atoms with Gasteiger partial charge >= 0.3 is 0 Å². The van der Waals surface area contributed by atoms with Crippen LogP contribution in [0, 0.1) is 10.8 Å². The molecule has 0 saturated heterocycles. The number of hydrogen-bond acceptors (Lipinski definition) is 8. The Morgan fingerprint density at radius 3 is 1.87 bits per heavy atom. The van der Waals surface area contributed by atoms with E-state index in [0.29, 0.717) is 48.1 Å². The summed E-state index contributed by atoms with van der Waals surface area (Å²) in [6, 6.07) is 15.7. The first-order valence-corrected chi connectivity index (χ1v) is 15.0. The average molecular weight is 565 g/mol. The summed E-state index contributed by atoms with van der Waals surface area (Å²) in [5, 5.41) is 20.2. The lowest BCUT2D eigenvalue weighted by Gasteiger charge is -2.23. The second-order valence-electron chi connectivity index (χ2n) is 9.05. The van der Waals surface area contributed by atoms with Gasteiger partial charge in [-0.25, -0.2) is 0 Å². The standard InChI is InChI=1S/C30H36N4O3S2/c1-4-7-18-35-19-12-14-20(15-13-19)38-27-25(36-16-5-2)23-24(30(33)34-29(23)32)26(37-17-6-3)28(27)39-22-11-9-8-10-21(22)31/h8-15H,4-7,16-18,31H2,1-3H3,(H3,32,33,34). The van der Waals surface area contributed by atoms with Gasteiger partial charge in [-0.2, -0.15) is 0 Å². The molecular weight excluding hydrogens is 528 g/mol. The molecule has 0 radical (unpaired) electrons. The van der Waals surface area contributed by atoms with Crippen molar-refractivity contribution in [2.75, 3.05) is 25.6 Å². The quantitative estimate of drug-likeness (QED) is 0.118. The molecule has 0 aliphatic carbocycles. The maximum atomic E-state index is 8.68.